The van der Waals surface area contributed by atoms with E-state index in [4.69, 9.17) is 4.74 Å². The first-order chi connectivity index (χ1) is 13.1. The molecule has 1 saturated carbocycles. The number of likely N-dealkylation sites (tertiary alicyclic amines) is 1. The molecule has 0 aromatic heterocycles. The second kappa shape index (κ2) is 7.83. The zero-order chi connectivity index (χ0) is 18.8. The number of benzene rings is 1. The van der Waals surface area contributed by atoms with E-state index in [2.05, 4.69) is 0 Å². The zero-order valence-corrected chi connectivity index (χ0v) is 15.7. The monoisotopic (exact) mass is 369 g/mol. The van der Waals surface area contributed by atoms with E-state index in [0.29, 0.717) is 12.1 Å². The first-order valence-electron chi connectivity index (χ1n) is 10.2. The van der Waals surface area contributed by atoms with E-state index in [1.807, 2.05) is 23.1 Å². The lowest BCUT2D eigenvalue weighted by atomic mass is 9.90. The Labute approximate surface area is 160 Å². The highest BCUT2D eigenvalue weighted by Crippen LogP contribution is 2.30. The number of carbonyl (C=O) groups is 3. The highest BCUT2D eigenvalue weighted by atomic mass is 16.5. The summed E-state index contributed by atoms with van der Waals surface area (Å²) in [5, 5.41) is 0. The van der Waals surface area contributed by atoms with Crippen molar-refractivity contribution in [3.8, 4) is 0 Å². The number of amides is 1. The van der Waals surface area contributed by atoms with Crippen LogP contribution < -0.4 is 0 Å². The number of ether oxygens (including phenoxy) is 1. The molecule has 4 rings (SSSR count). The number of esters is 1. The van der Waals surface area contributed by atoms with Gasteiger partial charge in [0.1, 0.15) is 0 Å². The molecule has 144 valence electrons. The number of hydrogen-bond donors (Lipinski definition) is 0. The highest BCUT2D eigenvalue weighted by molar-refractivity contribution is 5.98. The summed E-state index contributed by atoms with van der Waals surface area (Å²) in [4.78, 5) is 38.9. The van der Waals surface area contributed by atoms with Crippen molar-refractivity contribution in [2.24, 2.45) is 5.92 Å². The number of nitrogens with zero attached hydrogens (tertiary/aromatic N) is 1. The van der Waals surface area contributed by atoms with E-state index >= 15 is 0 Å². The fraction of sp³-hybridized carbons (Fsp3) is 0.591. The minimum Gasteiger partial charge on any atom is -0.457 e. The lowest BCUT2D eigenvalue weighted by Crippen LogP contribution is -2.35. The van der Waals surface area contributed by atoms with E-state index in [1.54, 1.807) is 0 Å². The van der Waals surface area contributed by atoms with Gasteiger partial charge in [0.25, 0.3) is 0 Å². The molecule has 3 aliphatic rings. The molecule has 1 amide bonds. The third kappa shape index (κ3) is 3.92. The van der Waals surface area contributed by atoms with Crippen LogP contribution in [0, 0.1) is 5.92 Å². The van der Waals surface area contributed by atoms with Crippen LogP contribution in [0.15, 0.2) is 18.2 Å². The summed E-state index contributed by atoms with van der Waals surface area (Å²) in [7, 11) is 0. The maximum Gasteiger partial charge on any atom is 0.311 e. The van der Waals surface area contributed by atoms with Gasteiger partial charge in [-0.15, -0.1) is 0 Å². The molecule has 1 aromatic carbocycles. The lowest BCUT2D eigenvalue weighted by Gasteiger charge is -2.23. The number of carbonyl (C=O) groups excluding carboxylic acids is 3. The number of fused-ring (bicyclic) bond motifs is 1. The van der Waals surface area contributed by atoms with Crippen molar-refractivity contribution >= 4 is 17.7 Å². The Hall–Kier alpha value is -2.17. The Morgan fingerprint density at radius 2 is 1.78 bits per heavy atom. The topological polar surface area (TPSA) is 63.7 Å². The summed E-state index contributed by atoms with van der Waals surface area (Å²) >= 11 is 0. The van der Waals surface area contributed by atoms with E-state index in [9.17, 15) is 14.4 Å². The van der Waals surface area contributed by atoms with E-state index in [-0.39, 0.29) is 30.8 Å². The summed E-state index contributed by atoms with van der Waals surface area (Å²) < 4.78 is 5.28. The maximum absolute atomic E-state index is 12.4. The van der Waals surface area contributed by atoms with Gasteiger partial charge in [0.05, 0.1) is 5.92 Å². The Morgan fingerprint density at radius 1 is 1.04 bits per heavy atom. The van der Waals surface area contributed by atoms with Crippen LogP contribution in [0.2, 0.25) is 0 Å². The Bertz CT molecular complexity index is 751. The fourth-order valence-electron chi connectivity index (χ4n) is 4.70. The molecule has 27 heavy (non-hydrogen) atoms. The third-order valence-electron chi connectivity index (χ3n) is 6.27. The third-order valence-corrected chi connectivity index (χ3v) is 6.27. The van der Waals surface area contributed by atoms with Gasteiger partial charge in [-0.2, -0.15) is 0 Å². The molecule has 0 N–H and O–H groups in total. The van der Waals surface area contributed by atoms with Gasteiger partial charge >= 0.3 is 5.97 Å². The molecular weight excluding hydrogens is 342 g/mol. The minimum atomic E-state index is -0.436. The lowest BCUT2D eigenvalue weighted by molar-refractivity contribution is -0.147. The molecule has 2 fully saturated rings. The molecule has 0 spiro atoms. The van der Waals surface area contributed by atoms with Crippen LogP contribution in [0.4, 0.5) is 0 Å². The summed E-state index contributed by atoms with van der Waals surface area (Å²) in [6.45, 7) is 0.196. The standard InChI is InChI=1S/C22H27NO4/c24-20(17-10-9-15-5-1-2-6-16(15)11-17)14-27-22(26)18-12-21(25)23(13-18)19-7-3-4-8-19/h9-11,18-19H,1-8,12-14H2/t18-/m0/s1. The van der Waals surface area contributed by atoms with Crippen molar-refractivity contribution in [2.75, 3.05) is 13.2 Å². The number of hydrogen-bond acceptors (Lipinski definition) is 4. The Morgan fingerprint density at radius 3 is 2.56 bits per heavy atom. The summed E-state index contributed by atoms with van der Waals surface area (Å²) in [6.07, 6.45) is 9.03. The fourth-order valence-corrected chi connectivity index (χ4v) is 4.70. The molecule has 5 heteroatoms. The van der Waals surface area contributed by atoms with Crippen molar-refractivity contribution in [3.63, 3.8) is 0 Å². The second-order valence-electron chi connectivity index (χ2n) is 8.11. The van der Waals surface area contributed by atoms with Gasteiger partial charge < -0.3 is 9.64 Å². The largest absolute Gasteiger partial charge is 0.457 e. The SMILES string of the molecule is O=C(COC(=O)[C@H]1CC(=O)N(C2CCCC2)C1)c1ccc2c(c1)CCCC2. The van der Waals surface area contributed by atoms with Crippen molar-refractivity contribution in [1.29, 1.82) is 0 Å². The predicted molar refractivity (Wildman–Crippen MR) is 100 cm³/mol. The van der Waals surface area contributed by atoms with Gasteiger partial charge in [0.2, 0.25) is 5.91 Å². The molecule has 1 heterocycles. The molecule has 5 nitrogen and oxygen atoms in total. The average molecular weight is 369 g/mol. The van der Waals surface area contributed by atoms with Gasteiger partial charge in [0.15, 0.2) is 12.4 Å². The van der Waals surface area contributed by atoms with E-state index < -0.39 is 11.9 Å². The van der Waals surface area contributed by atoms with Crippen LogP contribution in [0.1, 0.15) is 66.4 Å². The smallest absolute Gasteiger partial charge is 0.311 e. The van der Waals surface area contributed by atoms with Crippen molar-refractivity contribution < 1.29 is 19.1 Å². The summed E-state index contributed by atoms with van der Waals surface area (Å²) in [5.41, 5.74) is 3.18. The molecule has 0 bridgehead atoms. The molecule has 0 radical (unpaired) electrons. The first kappa shape index (κ1) is 18.2. The Balaban J connectivity index is 1.31. The quantitative estimate of drug-likeness (QED) is 0.591. The Kier molecular flexibility index (Phi) is 5.28. The number of ketones is 1. The van der Waals surface area contributed by atoms with Crippen LogP contribution in [0.3, 0.4) is 0 Å². The molecule has 1 aliphatic heterocycles. The van der Waals surface area contributed by atoms with Crippen molar-refractivity contribution in [2.45, 2.75) is 63.8 Å². The minimum absolute atomic E-state index is 0.0462. The molecule has 1 saturated heterocycles. The summed E-state index contributed by atoms with van der Waals surface area (Å²) in [5.74, 6) is -0.983. The second-order valence-corrected chi connectivity index (χ2v) is 8.11. The van der Waals surface area contributed by atoms with Gasteiger partial charge in [-0.1, -0.05) is 25.0 Å². The molecule has 1 atom stereocenters. The first-order valence-corrected chi connectivity index (χ1v) is 10.2. The van der Waals surface area contributed by atoms with Gasteiger partial charge in [0, 0.05) is 24.6 Å². The van der Waals surface area contributed by atoms with Crippen LogP contribution in [-0.2, 0) is 27.2 Å². The van der Waals surface area contributed by atoms with E-state index in [0.717, 1.165) is 44.9 Å². The maximum atomic E-state index is 12.4. The number of rotatable bonds is 5. The highest BCUT2D eigenvalue weighted by Gasteiger charge is 2.39. The van der Waals surface area contributed by atoms with Gasteiger partial charge in [-0.25, -0.2) is 0 Å². The van der Waals surface area contributed by atoms with Gasteiger partial charge in [-0.05, 0) is 55.7 Å². The van der Waals surface area contributed by atoms with Crippen LogP contribution in [0.5, 0.6) is 0 Å². The van der Waals surface area contributed by atoms with Crippen LogP contribution >= 0.6 is 0 Å². The van der Waals surface area contributed by atoms with E-state index in [1.165, 1.54) is 17.5 Å². The molecule has 0 unspecified atom stereocenters. The number of Topliss-reactive ketones (excluding diaryl/α,β-unsaturated/α-hetero) is 1. The zero-order valence-electron chi connectivity index (χ0n) is 15.7. The van der Waals surface area contributed by atoms with Crippen molar-refractivity contribution in [1.82, 2.24) is 4.90 Å². The van der Waals surface area contributed by atoms with Crippen LogP contribution in [0.25, 0.3) is 0 Å². The predicted octanol–water partition coefficient (Wildman–Crippen LogP) is 3.08. The van der Waals surface area contributed by atoms with Gasteiger partial charge in [-0.3, -0.25) is 14.4 Å². The molecule has 2 aliphatic carbocycles. The average Bonchev–Trinajstić information content (AvgIpc) is 3.35. The van der Waals surface area contributed by atoms with Crippen molar-refractivity contribution in [3.05, 3.63) is 34.9 Å². The molecule has 1 aromatic rings. The summed E-state index contributed by atoms with van der Waals surface area (Å²) in [6, 6.07) is 6.10. The number of aryl methyl sites for hydroxylation is 2. The normalized spacial score (nSPS) is 22.7. The molecular formula is C22H27NO4. The van der Waals surface area contributed by atoms with Crippen LogP contribution in [-0.4, -0.2) is 41.8 Å².